The van der Waals surface area contributed by atoms with E-state index in [2.05, 4.69) is 11.4 Å². The maximum absolute atomic E-state index is 12.9. The Hall–Kier alpha value is -3.38. The second-order valence-electron chi connectivity index (χ2n) is 5.98. The van der Waals surface area contributed by atoms with Crippen molar-refractivity contribution in [2.45, 2.75) is 13.8 Å². The van der Waals surface area contributed by atoms with Gasteiger partial charge in [-0.15, -0.1) is 0 Å². The number of nitrogens with zero attached hydrogens (tertiary/aromatic N) is 1. The van der Waals surface area contributed by atoms with Crippen LogP contribution < -0.4 is 5.32 Å². The summed E-state index contributed by atoms with van der Waals surface area (Å²) >= 11 is 0. The molecule has 122 valence electrons. The first kappa shape index (κ1) is 16.5. The second-order valence-corrected chi connectivity index (χ2v) is 5.98. The van der Waals surface area contributed by atoms with Crippen LogP contribution in [0.1, 0.15) is 27.0 Å². The number of nitriles is 1. The lowest BCUT2D eigenvalue weighted by Gasteiger charge is -2.13. The van der Waals surface area contributed by atoms with Crippen molar-refractivity contribution in [3.05, 3.63) is 89.0 Å². The molecule has 0 fully saturated rings. The maximum atomic E-state index is 12.9. The van der Waals surface area contributed by atoms with Crippen LogP contribution >= 0.6 is 0 Å². The van der Waals surface area contributed by atoms with Crippen LogP contribution in [0.3, 0.4) is 0 Å². The van der Waals surface area contributed by atoms with Crippen molar-refractivity contribution < 1.29 is 4.79 Å². The molecule has 0 saturated heterocycles. The van der Waals surface area contributed by atoms with Crippen molar-refractivity contribution in [2.75, 3.05) is 5.32 Å². The summed E-state index contributed by atoms with van der Waals surface area (Å²) in [5.41, 5.74) is 5.57. The number of aryl methyl sites for hydroxylation is 2. The van der Waals surface area contributed by atoms with Gasteiger partial charge in [-0.25, -0.2) is 0 Å². The Labute approximate surface area is 147 Å². The van der Waals surface area contributed by atoms with Gasteiger partial charge in [0.05, 0.1) is 11.6 Å². The van der Waals surface area contributed by atoms with E-state index in [1.807, 2.05) is 68.4 Å². The Balaban J connectivity index is 2.01. The third kappa shape index (κ3) is 3.44. The molecule has 0 aromatic heterocycles. The van der Waals surface area contributed by atoms with Crippen molar-refractivity contribution in [2.24, 2.45) is 0 Å². The normalized spacial score (nSPS) is 10.1. The monoisotopic (exact) mass is 326 g/mol. The van der Waals surface area contributed by atoms with E-state index in [0.29, 0.717) is 11.1 Å². The Kier molecular flexibility index (Phi) is 4.63. The van der Waals surface area contributed by atoms with Gasteiger partial charge in [0.15, 0.2) is 0 Å². The smallest absolute Gasteiger partial charge is 0.256 e. The van der Waals surface area contributed by atoms with E-state index in [4.69, 9.17) is 0 Å². The average Bonchev–Trinajstić information content (AvgIpc) is 2.64. The zero-order valence-corrected chi connectivity index (χ0v) is 14.2. The van der Waals surface area contributed by atoms with Gasteiger partial charge in [-0.1, -0.05) is 54.1 Å². The summed E-state index contributed by atoms with van der Waals surface area (Å²) < 4.78 is 0. The van der Waals surface area contributed by atoms with E-state index in [0.717, 1.165) is 27.9 Å². The van der Waals surface area contributed by atoms with Gasteiger partial charge in [-0.2, -0.15) is 5.26 Å². The highest BCUT2D eigenvalue weighted by Gasteiger charge is 2.15. The fourth-order valence-electron chi connectivity index (χ4n) is 2.87. The highest BCUT2D eigenvalue weighted by molar-refractivity contribution is 6.09. The number of hydrogen-bond acceptors (Lipinski definition) is 2. The number of nitrogens with one attached hydrogen (secondary N) is 1. The number of benzene rings is 3. The van der Waals surface area contributed by atoms with Gasteiger partial charge in [0, 0.05) is 16.8 Å². The topological polar surface area (TPSA) is 52.9 Å². The third-order valence-corrected chi connectivity index (χ3v) is 4.14. The standard InChI is InChI=1S/C22H18N2O/c1-15-11-12-21(16(2)13-15)24-22(25)20-10-6-5-9-19(20)18-8-4-3-7-17(18)14-23/h3-13H,1-2H3,(H,24,25). The highest BCUT2D eigenvalue weighted by Crippen LogP contribution is 2.28. The molecule has 0 heterocycles. The molecule has 3 nitrogen and oxygen atoms in total. The quantitative estimate of drug-likeness (QED) is 0.728. The first-order valence-corrected chi connectivity index (χ1v) is 8.07. The lowest BCUT2D eigenvalue weighted by atomic mass is 9.95. The maximum Gasteiger partial charge on any atom is 0.256 e. The Morgan fingerprint density at radius 3 is 2.32 bits per heavy atom. The van der Waals surface area contributed by atoms with E-state index < -0.39 is 0 Å². The van der Waals surface area contributed by atoms with Crippen molar-refractivity contribution in [3.63, 3.8) is 0 Å². The molecular formula is C22H18N2O. The van der Waals surface area contributed by atoms with Crippen LogP contribution in [0.5, 0.6) is 0 Å². The van der Waals surface area contributed by atoms with Crippen LogP contribution in [0, 0.1) is 25.2 Å². The van der Waals surface area contributed by atoms with E-state index in [1.165, 1.54) is 0 Å². The van der Waals surface area contributed by atoms with Gasteiger partial charge in [0.25, 0.3) is 5.91 Å². The molecule has 0 bridgehead atoms. The predicted molar refractivity (Wildman–Crippen MR) is 100 cm³/mol. The SMILES string of the molecule is Cc1ccc(NC(=O)c2ccccc2-c2ccccc2C#N)c(C)c1. The highest BCUT2D eigenvalue weighted by atomic mass is 16.1. The summed E-state index contributed by atoms with van der Waals surface area (Å²) in [6.07, 6.45) is 0. The lowest BCUT2D eigenvalue weighted by molar-refractivity contribution is 0.102. The van der Waals surface area contributed by atoms with E-state index in [-0.39, 0.29) is 5.91 Å². The predicted octanol–water partition coefficient (Wildman–Crippen LogP) is 5.09. The van der Waals surface area contributed by atoms with Gasteiger partial charge in [0.2, 0.25) is 0 Å². The fraction of sp³-hybridized carbons (Fsp3) is 0.0909. The van der Waals surface area contributed by atoms with Gasteiger partial charge in [-0.05, 0) is 43.2 Å². The minimum Gasteiger partial charge on any atom is -0.322 e. The third-order valence-electron chi connectivity index (χ3n) is 4.14. The fourth-order valence-corrected chi connectivity index (χ4v) is 2.87. The molecule has 3 rings (SSSR count). The molecule has 25 heavy (non-hydrogen) atoms. The van der Waals surface area contributed by atoms with Crippen LogP contribution in [0.25, 0.3) is 11.1 Å². The largest absolute Gasteiger partial charge is 0.322 e. The summed E-state index contributed by atoms with van der Waals surface area (Å²) in [5.74, 6) is -0.185. The minimum absolute atomic E-state index is 0.185. The van der Waals surface area contributed by atoms with Crippen molar-refractivity contribution in [3.8, 4) is 17.2 Å². The molecule has 0 spiro atoms. The number of hydrogen-bond donors (Lipinski definition) is 1. The summed E-state index contributed by atoms with van der Waals surface area (Å²) in [6, 6.07) is 22.8. The number of anilines is 1. The van der Waals surface area contributed by atoms with Gasteiger partial charge in [0.1, 0.15) is 0 Å². The zero-order chi connectivity index (χ0) is 17.8. The van der Waals surface area contributed by atoms with Gasteiger partial charge >= 0.3 is 0 Å². The summed E-state index contributed by atoms with van der Waals surface area (Å²) in [6.45, 7) is 3.99. The molecule has 0 radical (unpaired) electrons. The summed E-state index contributed by atoms with van der Waals surface area (Å²) in [5, 5.41) is 12.3. The number of carbonyl (C=O) groups is 1. The Morgan fingerprint density at radius 2 is 1.60 bits per heavy atom. The zero-order valence-electron chi connectivity index (χ0n) is 14.2. The van der Waals surface area contributed by atoms with Crippen LogP contribution in [-0.2, 0) is 0 Å². The molecular weight excluding hydrogens is 308 g/mol. The number of carbonyl (C=O) groups excluding carboxylic acids is 1. The van der Waals surface area contributed by atoms with E-state index in [1.54, 1.807) is 12.1 Å². The summed E-state index contributed by atoms with van der Waals surface area (Å²) in [4.78, 5) is 12.9. The lowest BCUT2D eigenvalue weighted by Crippen LogP contribution is -2.14. The average molecular weight is 326 g/mol. The molecule has 1 amide bonds. The molecule has 3 aromatic carbocycles. The summed E-state index contributed by atoms with van der Waals surface area (Å²) in [7, 11) is 0. The van der Waals surface area contributed by atoms with Crippen LogP contribution in [0.2, 0.25) is 0 Å². The van der Waals surface area contributed by atoms with Crippen molar-refractivity contribution in [1.29, 1.82) is 5.26 Å². The van der Waals surface area contributed by atoms with Crippen LogP contribution in [0.15, 0.2) is 66.7 Å². The molecule has 0 aliphatic heterocycles. The van der Waals surface area contributed by atoms with E-state index >= 15 is 0 Å². The minimum atomic E-state index is -0.185. The first-order valence-electron chi connectivity index (χ1n) is 8.07. The molecule has 1 N–H and O–H groups in total. The van der Waals surface area contributed by atoms with E-state index in [9.17, 15) is 10.1 Å². The molecule has 3 aromatic rings. The molecule has 0 unspecified atom stereocenters. The van der Waals surface area contributed by atoms with Crippen LogP contribution in [0.4, 0.5) is 5.69 Å². The first-order chi connectivity index (χ1) is 12.1. The van der Waals surface area contributed by atoms with Crippen molar-refractivity contribution in [1.82, 2.24) is 0 Å². The second kappa shape index (κ2) is 7.02. The number of amides is 1. The van der Waals surface area contributed by atoms with Gasteiger partial charge in [-0.3, -0.25) is 4.79 Å². The van der Waals surface area contributed by atoms with Crippen LogP contribution in [-0.4, -0.2) is 5.91 Å². The molecule has 3 heteroatoms. The van der Waals surface area contributed by atoms with Crippen molar-refractivity contribution >= 4 is 11.6 Å². The van der Waals surface area contributed by atoms with Gasteiger partial charge < -0.3 is 5.32 Å². The number of rotatable bonds is 3. The Bertz CT molecular complexity index is 983. The molecule has 0 aliphatic carbocycles. The Morgan fingerprint density at radius 1 is 0.920 bits per heavy atom. The molecule has 0 aliphatic rings. The molecule has 0 saturated carbocycles. The molecule has 0 atom stereocenters.